The Kier molecular flexibility index (Phi) is 5.70. The lowest BCUT2D eigenvalue weighted by Crippen LogP contribution is -2.59. The lowest BCUT2D eigenvalue weighted by Gasteiger charge is -2.39. The van der Waals surface area contributed by atoms with E-state index in [1.807, 2.05) is 45.0 Å². The molecule has 3 amide bonds. The van der Waals surface area contributed by atoms with Crippen LogP contribution in [-0.4, -0.2) is 73.7 Å². The molecule has 3 unspecified atom stereocenters. The highest BCUT2D eigenvalue weighted by Gasteiger charge is 2.50. The van der Waals surface area contributed by atoms with Gasteiger partial charge in [-0.05, 0) is 36.1 Å². The van der Waals surface area contributed by atoms with E-state index in [1.54, 1.807) is 9.80 Å². The second-order valence-corrected chi connectivity index (χ2v) is 11.4. The molecular formula is C28H28F2N6O3. The van der Waals surface area contributed by atoms with Gasteiger partial charge in [0.1, 0.15) is 23.4 Å². The molecule has 2 saturated heterocycles. The molecule has 0 spiro atoms. The molecule has 6 rings (SSSR count). The fraction of sp³-hybridized carbons (Fsp3) is 0.357. The maximum atomic E-state index is 14.1. The van der Waals surface area contributed by atoms with Crippen LogP contribution in [0.5, 0.6) is 0 Å². The first kappa shape index (κ1) is 25.0. The minimum atomic E-state index is -0.878. The van der Waals surface area contributed by atoms with Crippen molar-refractivity contribution in [1.29, 1.82) is 0 Å². The third kappa shape index (κ3) is 4.31. The van der Waals surface area contributed by atoms with Crippen LogP contribution in [0.1, 0.15) is 48.3 Å². The molecule has 3 N–H and O–H groups in total. The predicted octanol–water partition coefficient (Wildman–Crippen LogP) is 3.59. The van der Waals surface area contributed by atoms with Crippen LogP contribution in [-0.2, 0) is 4.79 Å². The average Bonchev–Trinajstić information content (AvgIpc) is 3.67. The number of imidazole rings is 1. The number of H-pyrrole nitrogens is 2. The highest BCUT2D eigenvalue weighted by atomic mass is 19.1. The number of aromatic amines is 2. The van der Waals surface area contributed by atoms with E-state index in [0.29, 0.717) is 25.0 Å². The van der Waals surface area contributed by atoms with E-state index < -0.39 is 29.0 Å². The van der Waals surface area contributed by atoms with Gasteiger partial charge in [-0.1, -0.05) is 32.9 Å². The zero-order valence-corrected chi connectivity index (χ0v) is 21.7. The molecule has 2 fully saturated rings. The van der Waals surface area contributed by atoms with Crippen molar-refractivity contribution in [3.8, 4) is 0 Å². The number of nitrogens with zero attached hydrogens (tertiary/aromatic N) is 3. The Bertz CT molecular complexity index is 1600. The predicted molar refractivity (Wildman–Crippen MR) is 140 cm³/mol. The molecule has 11 heteroatoms. The van der Waals surface area contributed by atoms with Crippen molar-refractivity contribution in [1.82, 2.24) is 30.1 Å². The topological polar surface area (TPSA) is 114 Å². The lowest BCUT2D eigenvalue weighted by atomic mass is 9.85. The summed E-state index contributed by atoms with van der Waals surface area (Å²) in [5.74, 6) is -2.31. The monoisotopic (exact) mass is 534 g/mol. The molecular weight excluding hydrogens is 506 g/mol. The summed E-state index contributed by atoms with van der Waals surface area (Å²) in [5.41, 5.74) is 0.914. The second-order valence-electron chi connectivity index (χ2n) is 11.4. The summed E-state index contributed by atoms with van der Waals surface area (Å²) in [6.45, 7) is 6.28. The fourth-order valence-electron chi connectivity index (χ4n) is 5.69. The summed E-state index contributed by atoms with van der Waals surface area (Å²) in [6, 6.07) is 9.47. The number of piperazine rings is 1. The van der Waals surface area contributed by atoms with Crippen LogP contribution in [0.25, 0.3) is 21.9 Å². The van der Waals surface area contributed by atoms with Gasteiger partial charge in [-0.2, -0.15) is 0 Å². The van der Waals surface area contributed by atoms with Gasteiger partial charge in [-0.3, -0.25) is 14.4 Å². The van der Waals surface area contributed by atoms with E-state index in [9.17, 15) is 23.2 Å². The molecule has 2 bridgehead atoms. The number of aromatic nitrogens is 3. The van der Waals surface area contributed by atoms with Crippen molar-refractivity contribution in [3.05, 3.63) is 65.6 Å². The molecule has 4 heterocycles. The van der Waals surface area contributed by atoms with Gasteiger partial charge in [0.15, 0.2) is 5.82 Å². The summed E-state index contributed by atoms with van der Waals surface area (Å²) >= 11 is 0. The number of amides is 3. The minimum absolute atomic E-state index is 0.0197. The van der Waals surface area contributed by atoms with E-state index in [4.69, 9.17) is 0 Å². The number of carbonyl (C=O) groups excluding carboxylic acids is 3. The van der Waals surface area contributed by atoms with Crippen molar-refractivity contribution in [2.24, 2.45) is 5.41 Å². The normalized spacial score (nSPS) is 19.7. The molecule has 202 valence electrons. The van der Waals surface area contributed by atoms with Gasteiger partial charge < -0.3 is 25.1 Å². The number of benzene rings is 2. The summed E-state index contributed by atoms with van der Waals surface area (Å²) in [6.07, 6.45) is 0.648. The first-order valence-electron chi connectivity index (χ1n) is 12.8. The minimum Gasteiger partial charge on any atom is -0.348 e. The standard InChI is InChI=1S/C28H28F2N6O3/c1-28(2,3)23(34-25(37)21-9-14-8-15(29)10-18(30)22(14)31-21)26(38)35-12-17-11-16(35)13-36(17)27(39)24-32-19-6-4-5-7-20(19)33-24/h4-10,16-17,23,31H,11-13H2,1-3H3,(H,32,33)(H,34,37). The van der Waals surface area contributed by atoms with Crippen LogP contribution >= 0.6 is 0 Å². The van der Waals surface area contributed by atoms with Crippen LogP contribution in [0, 0.1) is 17.0 Å². The van der Waals surface area contributed by atoms with E-state index in [1.165, 1.54) is 6.07 Å². The number of rotatable bonds is 4. The Morgan fingerprint density at radius 1 is 1.03 bits per heavy atom. The molecule has 3 atom stereocenters. The number of fused-ring (bicyclic) bond motifs is 4. The fourth-order valence-corrected chi connectivity index (χ4v) is 5.69. The van der Waals surface area contributed by atoms with Crippen molar-refractivity contribution < 1.29 is 23.2 Å². The van der Waals surface area contributed by atoms with E-state index >= 15 is 0 Å². The molecule has 0 saturated carbocycles. The van der Waals surface area contributed by atoms with Crippen LogP contribution in [0.4, 0.5) is 8.78 Å². The Morgan fingerprint density at radius 2 is 1.74 bits per heavy atom. The number of carbonyl (C=O) groups is 3. The maximum Gasteiger partial charge on any atom is 0.290 e. The molecule has 2 aromatic heterocycles. The number of hydrogen-bond donors (Lipinski definition) is 3. The van der Waals surface area contributed by atoms with Gasteiger partial charge in [0.2, 0.25) is 5.91 Å². The SMILES string of the molecule is CC(C)(C)C(NC(=O)c1cc2cc(F)cc(F)c2[nH]1)C(=O)N1CC2CC1CN2C(=O)c1nc2ccccc2[nH]1. The Morgan fingerprint density at radius 3 is 2.44 bits per heavy atom. The van der Waals surface area contributed by atoms with E-state index in [-0.39, 0.29) is 46.3 Å². The quantitative estimate of drug-likeness (QED) is 0.371. The molecule has 9 nitrogen and oxygen atoms in total. The summed E-state index contributed by atoms with van der Waals surface area (Å²) in [7, 11) is 0. The first-order chi connectivity index (χ1) is 18.5. The molecule has 0 radical (unpaired) electrons. The van der Waals surface area contributed by atoms with E-state index in [0.717, 1.165) is 17.6 Å². The largest absolute Gasteiger partial charge is 0.348 e. The smallest absolute Gasteiger partial charge is 0.290 e. The average molecular weight is 535 g/mol. The first-order valence-corrected chi connectivity index (χ1v) is 12.8. The molecule has 2 aliphatic rings. The number of hydrogen-bond acceptors (Lipinski definition) is 4. The second kappa shape index (κ2) is 8.89. The highest BCUT2D eigenvalue weighted by molar-refractivity contribution is 6.01. The van der Waals surface area contributed by atoms with Gasteiger partial charge in [-0.25, -0.2) is 13.8 Å². The van der Waals surface area contributed by atoms with Crippen molar-refractivity contribution in [2.45, 2.75) is 45.3 Å². The molecule has 4 aromatic rings. The Hall–Kier alpha value is -4.28. The summed E-state index contributed by atoms with van der Waals surface area (Å²) in [4.78, 5) is 53.8. The van der Waals surface area contributed by atoms with Gasteiger partial charge in [0, 0.05) is 24.5 Å². The Labute approximate surface area is 222 Å². The maximum absolute atomic E-state index is 14.1. The van der Waals surface area contributed by atoms with Crippen LogP contribution in [0.3, 0.4) is 0 Å². The summed E-state index contributed by atoms with van der Waals surface area (Å²) < 4.78 is 27.8. The number of likely N-dealkylation sites (tertiary alicyclic amines) is 2. The third-order valence-electron chi connectivity index (χ3n) is 7.65. The number of halogens is 2. The highest BCUT2D eigenvalue weighted by Crippen LogP contribution is 2.34. The van der Waals surface area contributed by atoms with Crippen molar-refractivity contribution >= 4 is 39.7 Å². The Balaban J connectivity index is 1.17. The van der Waals surface area contributed by atoms with Crippen LogP contribution < -0.4 is 5.32 Å². The van der Waals surface area contributed by atoms with E-state index in [2.05, 4.69) is 20.3 Å². The molecule has 0 aliphatic carbocycles. The third-order valence-corrected chi connectivity index (χ3v) is 7.65. The zero-order valence-electron chi connectivity index (χ0n) is 21.7. The zero-order chi connectivity index (χ0) is 27.6. The van der Waals surface area contributed by atoms with Crippen LogP contribution in [0.15, 0.2) is 42.5 Å². The van der Waals surface area contributed by atoms with Crippen molar-refractivity contribution in [3.63, 3.8) is 0 Å². The van der Waals surface area contributed by atoms with Gasteiger partial charge in [0.05, 0.1) is 28.6 Å². The van der Waals surface area contributed by atoms with Crippen molar-refractivity contribution in [2.75, 3.05) is 13.1 Å². The molecule has 39 heavy (non-hydrogen) atoms. The van der Waals surface area contributed by atoms with Gasteiger partial charge in [-0.15, -0.1) is 0 Å². The van der Waals surface area contributed by atoms with Gasteiger partial charge >= 0.3 is 0 Å². The van der Waals surface area contributed by atoms with Crippen LogP contribution in [0.2, 0.25) is 0 Å². The molecule has 2 aliphatic heterocycles. The summed E-state index contributed by atoms with van der Waals surface area (Å²) in [5, 5.41) is 3.03. The van der Waals surface area contributed by atoms with Gasteiger partial charge in [0.25, 0.3) is 11.8 Å². The lowest BCUT2D eigenvalue weighted by molar-refractivity contribution is -0.138. The number of nitrogens with one attached hydrogen (secondary N) is 3. The number of para-hydroxylation sites is 2. The molecule has 2 aromatic carbocycles.